The molecular formula is C16H25N5O7. The van der Waals surface area contributed by atoms with Crippen molar-refractivity contribution in [3.63, 3.8) is 0 Å². The molecule has 0 bridgehead atoms. The first-order chi connectivity index (χ1) is 13.4. The lowest BCUT2D eigenvalue weighted by atomic mass is 10.1. The van der Waals surface area contributed by atoms with Crippen LogP contribution in [0.3, 0.4) is 0 Å². The number of ether oxygens (including phenoxy) is 2. The zero-order chi connectivity index (χ0) is 20.5. The fourth-order valence-electron chi connectivity index (χ4n) is 2.80. The molecule has 1 aliphatic rings. The highest BCUT2D eigenvalue weighted by Crippen LogP contribution is 2.27. The van der Waals surface area contributed by atoms with Gasteiger partial charge in [0, 0.05) is 19.3 Å². The molecule has 1 aliphatic heterocycles. The molecule has 1 amide bonds. The smallest absolute Gasteiger partial charge is 0.354 e. The molecule has 1 fully saturated rings. The lowest BCUT2D eigenvalue weighted by molar-refractivity contribution is -0.150. The van der Waals surface area contributed by atoms with E-state index in [1.807, 2.05) is 0 Å². The van der Waals surface area contributed by atoms with Crippen LogP contribution in [-0.4, -0.2) is 55.5 Å². The number of hydrogen-bond acceptors (Lipinski definition) is 10. The first-order valence-electron chi connectivity index (χ1n) is 9.03. The molecule has 2 rings (SSSR count). The van der Waals surface area contributed by atoms with E-state index in [1.54, 1.807) is 5.48 Å². The third-order valence-electron chi connectivity index (χ3n) is 4.33. The lowest BCUT2D eigenvalue weighted by Crippen LogP contribution is -2.29. The van der Waals surface area contributed by atoms with Crippen molar-refractivity contribution in [2.45, 2.75) is 63.4 Å². The molecule has 0 saturated carbocycles. The third-order valence-corrected chi connectivity index (χ3v) is 4.33. The Morgan fingerprint density at radius 3 is 2.71 bits per heavy atom. The standard InChI is InChI=1S/C16H25N5O7/c17-15-18-9-21(16(25)19-15)13-7-10(22)11(28-13)8-27-14(24)6-4-2-1-3-5-12(23)20-26/h9-11,13,22,26H,1-8H2,(H,20,23)(H2,17,19,25)/t10-,11+,13+/m0/s1. The number of aromatic nitrogens is 3. The number of esters is 1. The SMILES string of the molecule is Nc1ncn([C@H]2C[C@H](O)[C@@H](COC(=O)CCCCCCC(=O)NO)O2)c(=O)n1. The highest BCUT2D eigenvalue weighted by molar-refractivity contribution is 5.74. The average Bonchev–Trinajstić information content (AvgIpc) is 3.02. The molecular weight excluding hydrogens is 374 g/mol. The van der Waals surface area contributed by atoms with Crippen molar-refractivity contribution in [2.75, 3.05) is 12.3 Å². The average molecular weight is 399 g/mol. The summed E-state index contributed by atoms with van der Waals surface area (Å²) in [6.07, 6.45) is 2.10. The van der Waals surface area contributed by atoms with Crippen LogP contribution in [0.1, 0.15) is 51.2 Å². The summed E-state index contributed by atoms with van der Waals surface area (Å²) in [7, 11) is 0. The minimum Gasteiger partial charge on any atom is -0.463 e. The predicted octanol–water partition coefficient (Wildman–Crippen LogP) is -0.742. The Kier molecular flexibility index (Phi) is 8.29. The number of carbonyl (C=O) groups excluding carboxylic acids is 2. The number of aliphatic hydroxyl groups is 1. The fourth-order valence-corrected chi connectivity index (χ4v) is 2.80. The summed E-state index contributed by atoms with van der Waals surface area (Å²) in [6.45, 7) is -0.127. The van der Waals surface area contributed by atoms with Gasteiger partial charge in [-0.15, -0.1) is 0 Å². The Balaban J connectivity index is 1.66. The van der Waals surface area contributed by atoms with Crippen LogP contribution in [0.2, 0.25) is 0 Å². The van der Waals surface area contributed by atoms with Gasteiger partial charge in [-0.1, -0.05) is 12.8 Å². The topological polar surface area (TPSA) is 179 Å². The molecule has 0 aliphatic carbocycles. The van der Waals surface area contributed by atoms with Crippen molar-refractivity contribution in [3.05, 3.63) is 16.8 Å². The Labute approximate surface area is 160 Å². The number of nitrogen functional groups attached to an aromatic ring is 1. The second-order valence-electron chi connectivity index (χ2n) is 6.47. The summed E-state index contributed by atoms with van der Waals surface area (Å²) in [4.78, 5) is 41.7. The highest BCUT2D eigenvalue weighted by atomic mass is 16.6. The summed E-state index contributed by atoms with van der Waals surface area (Å²) in [5.41, 5.74) is 6.26. The van der Waals surface area contributed by atoms with Crippen molar-refractivity contribution in [2.24, 2.45) is 0 Å². The van der Waals surface area contributed by atoms with Crippen LogP contribution in [0.5, 0.6) is 0 Å². The number of aliphatic hydroxyl groups excluding tert-OH is 1. The number of amides is 1. The quantitative estimate of drug-likeness (QED) is 0.169. The van der Waals surface area contributed by atoms with Gasteiger partial charge in [-0.2, -0.15) is 4.98 Å². The van der Waals surface area contributed by atoms with Gasteiger partial charge in [0.05, 0.1) is 6.10 Å². The van der Waals surface area contributed by atoms with Gasteiger partial charge in [-0.25, -0.2) is 15.3 Å². The van der Waals surface area contributed by atoms with Gasteiger partial charge in [0.2, 0.25) is 11.9 Å². The molecule has 1 saturated heterocycles. The number of unbranched alkanes of at least 4 members (excludes halogenated alkanes) is 3. The van der Waals surface area contributed by atoms with Crippen LogP contribution in [0.4, 0.5) is 5.95 Å². The highest BCUT2D eigenvalue weighted by Gasteiger charge is 2.36. The molecule has 156 valence electrons. The molecule has 1 aromatic heterocycles. The van der Waals surface area contributed by atoms with Crippen molar-refractivity contribution in [3.8, 4) is 0 Å². The summed E-state index contributed by atoms with van der Waals surface area (Å²) in [5.74, 6) is -0.997. The van der Waals surface area contributed by atoms with Gasteiger partial charge in [0.15, 0.2) is 0 Å². The van der Waals surface area contributed by atoms with Crippen molar-refractivity contribution >= 4 is 17.8 Å². The van der Waals surface area contributed by atoms with Gasteiger partial charge in [0.1, 0.15) is 25.3 Å². The van der Waals surface area contributed by atoms with E-state index in [0.29, 0.717) is 12.8 Å². The zero-order valence-electron chi connectivity index (χ0n) is 15.3. The Bertz CT molecular complexity index is 726. The minimum absolute atomic E-state index is 0.127. The number of hydroxylamine groups is 1. The zero-order valence-corrected chi connectivity index (χ0v) is 15.3. The van der Waals surface area contributed by atoms with Crippen LogP contribution < -0.4 is 16.9 Å². The van der Waals surface area contributed by atoms with Gasteiger partial charge in [-0.05, 0) is 12.8 Å². The minimum atomic E-state index is -0.903. The number of rotatable bonds is 10. The molecule has 2 heterocycles. The van der Waals surface area contributed by atoms with Crippen LogP contribution in [0.15, 0.2) is 11.1 Å². The van der Waals surface area contributed by atoms with Gasteiger partial charge in [0.25, 0.3) is 0 Å². The summed E-state index contributed by atoms with van der Waals surface area (Å²) in [5, 5.41) is 18.4. The van der Waals surface area contributed by atoms with Crippen LogP contribution in [-0.2, 0) is 19.1 Å². The first-order valence-corrected chi connectivity index (χ1v) is 9.03. The lowest BCUT2D eigenvalue weighted by Gasteiger charge is -2.15. The molecule has 0 spiro atoms. The van der Waals surface area contributed by atoms with Crippen molar-refractivity contribution in [1.29, 1.82) is 0 Å². The maximum atomic E-state index is 11.8. The molecule has 12 nitrogen and oxygen atoms in total. The molecule has 12 heteroatoms. The molecule has 3 atom stereocenters. The number of nitrogens with one attached hydrogen (secondary N) is 1. The Morgan fingerprint density at radius 1 is 1.32 bits per heavy atom. The van der Waals surface area contributed by atoms with E-state index in [-0.39, 0.29) is 31.8 Å². The van der Waals surface area contributed by atoms with Crippen LogP contribution >= 0.6 is 0 Å². The molecule has 5 N–H and O–H groups in total. The summed E-state index contributed by atoms with van der Waals surface area (Å²) >= 11 is 0. The van der Waals surface area contributed by atoms with Crippen molar-refractivity contribution < 1.29 is 29.4 Å². The van der Waals surface area contributed by atoms with E-state index in [0.717, 1.165) is 17.4 Å². The summed E-state index contributed by atoms with van der Waals surface area (Å²) < 4.78 is 11.8. The fraction of sp³-hybridized carbons (Fsp3) is 0.688. The third kappa shape index (κ3) is 6.55. The maximum absolute atomic E-state index is 11.8. The number of carbonyl (C=O) groups is 2. The normalized spacial score (nSPS) is 21.4. The molecule has 28 heavy (non-hydrogen) atoms. The van der Waals surface area contributed by atoms with E-state index in [1.165, 1.54) is 6.33 Å². The molecule has 0 aromatic carbocycles. The first kappa shape index (κ1) is 21.7. The molecule has 1 aromatic rings. The van der Waals surface area contributed by atoms with E-state index in [4.69, 9.17) is 20.4 Å². The van der Waals surface area contributed by atoms with E-state index >= 15 is 0 Å². The number of anilines is 1. The summed E-state index contributed by atoms with van der Waals surface area (Å²) in [6, 6.07) is 0. The molecule has 0 radical (unpaired) electrons. The predicted molar refractivity (Wildman–Crippen MR) is 93.8 cm³/mol. The number of hydrogen-bond donors (Lipinski definition) is 4. The number of nitrogens with two attached hydrogens (primary N) is 1. The van der Waals surface area contributed by atoms with E-state index < -0.39 is 36.0 Å². The van der Waals surface area contributed by atoms with E-state index in [9.17, 15) is 19.5 Å². The van der Waals surface area contributed by atoms with Crippen LogP contribution in [0.25, 0.3) is 0 Å². The second kappa shape index (κ2) is 10.7. The monoisotopic (exact) mass is 399 g/mol. The van der Waals surface area contributed by atoms with E-state index in [2.05, 4.69) is 9.97 Å². The van der Waals surface area contributed by atoms with Gasteiger partial charge >= 0.3 is 11.7 Å². The van der Waals surface area contributed by atoms with Gasteiger partial charge < -0.3 is 20.3 Å². The van der Waals surface area contributed by atoms with Gasteiger partial charge in [-0.3, -0.25) is 19.4 Å². The molecule has 0 unspecified atom stereocenters. The Hall–Kier alpha value is -2.57. The van der Waals surface area contributed by atoms with Crippen molar-refractivity contribution in [1.82, 2.24) is 20.0 Å². The maximum Gasteiger partial charge on any atom is 0.354 e. The van der Waals surface area contributed by atoms with Crippen LogP contribution in [0, 0.1) is 0 Å². The Morgan fingerprint density at radius 2 is 2.04 bits per heavy atom. The number of nitrogens with zero attached hydrogens (tertiary/aromatic N) is 3. The largest absolute Gasteiger partial charge is 0.463 e. The second-order valence-corrected chi connectivity index (χ2v) is 6.47.